The van der Waals surface area contributed by atoms with Crippen LogP contribution >= 0.6 is 0 Å². The number of likely N-dealkylation sites (tertiary alicyclic amines) is 1. The molecule has 0 aromatic rings. The Morgan fingerprint density at radius 2 is 2.29 bits per heavy atom. The van der Waals surface area contributed by atoms with Crippen molar-refractivity contribution >= 4 is 5.91 Å². The van der Waals surface area contributed by atoms with Gasteiger partial charge in [0.15, 0.2) is 0 Å². The van der Waals surface area contributed by atoms with Crippen LogP contribution in [0.15, 0.2) is 0 Å². The maximum atomic E-state index is 11.9. The molecule has 2 heterocycles. The maximum absolute atomic E-state index is 11.9. The summed E-state index contributed by atoms with van der Waals surface area (Å²) in [7, 11) is 0. The first-order chi connectivity index (χ1) is 8.29. The quantitative estimate of drug-likeness (QED) is 0.754. The summed E-state index contributed by atoms with van der Waals surface area (Å²) in [6.45, 7) is 7.52. The molecule has 0 aliphatic carbocycles. The van der Waals surface area contributed by atoms with Gasteiger partial charge < -0.3 is 15.5 Å². The summed E-state index contributed by atoms with van der Waals surface area (Å²) < 4.78 is 0. The van der Waals surface area contributed by atoms with E-state index in [-0.39, 0.29) is 11.9 Å². The Hall–Kier alpha value is -0.610. The number of amides is 1. The average molecular weight is 239 g/mol. The second-order valence-electron chi connectivity index (χ2n) is 5.30. The highest BCUT2D eigenvalue weighted by atomic mass is 16.2. The Morgan fingerprint density at radius 3 is 2.94 bits per heavy atom. The van der Waals surface area contributed by atoms with Crippen LogP contribution in [0.3, 0.4) is 0 Å². The van der Waals surface area contributed by atoms with Crippen molar-refractivity contribution in [1.82, 2.24) is 15.5 Å². The first kappa shape index (κ1) is 12.8. The molecule has 0 radical (unpaired) electrons. The molecule has 17 heavy (non-hydrogen) atoms. The van der Waals surface area contributed by atoms with Gasteiger partial charge in [0.1, 0.15) is 0 Å². The van der Waals surface area contributed by atoms with E-state index in [0.717, 1.165) is 32.6 Å². The van der Waals surface area contributed by atoms with Crippen LogP contribution in [0.5, 0.6) is 0 Å². The fraction of sp³-hybridized carbons (Fsp3) is 0.923. The molecule has 2 fully saturated rings. The van der Waals surface area contributed by atoms with Gasteiger partial charge in [0.05, 0.1) is 6.04 Å². The highest BCUT2D eigenvalue weighted by Gasteiger charge is 2.24. The standard InChI is InChI=1S/C13H25N3O/c1-2-16-8-6-11(10-16)9-15-13(17)12-5-3-4-7-14-12/h11-12,14H,2-10H2,1H3,(H,15,17). The lowest BCUT2D eigenvalue weighted by Gasteiger charge is -2.23. The normalized spacial score (nSPS) is 30.4. The summed E-state index contributed by atoms with van der Waals surface area (Å²) in [5.41, 5.74) is 0. The Labute approximate surface area is 104 Å². The highest BCUT2D eigenvalue weighted by molar-refractivity contribution is 5.81. The molecule has 0 aromatic heterocycles. The molecule has 0 saturated carbocycles. The minimum absolute atomic E-state index is 0.0624. The molecule has 0 spiro atoms. The van der Waals surface area contributed by atoms with Crippen molar-refractivity contribution in [2.75, 3.05) is 32.7 Å². The summed E-state index contributed by atoms with van der Waals surface area (Å²) in [5.74, 6) is 0.863. The van der Waals surface area contributed by atoms with Gasteiger partial charge in [-0.3, -0.25) is 4.79 Å². The molecular formula is C13H25N3O. The van der Waals surface area contributed by atoms with Gasteiger partial charge in [0, 0.05) is 13.1 Å². The van der Waals surface area contributed by atoms with E-state index in [0.29, 0.717) is 5.92 Å². The lowest BCUT2D eigenvalue weighted by atomic mass is 10.0. The summed E-state index contributed by atoms with van der Waals surface area (Å²) >= 11 is 0. The smallest absolute Gasteiger partial charge is 0.237 e. The maximum Gasteiger partial charge on any atom is 0.237 e. The van der Waals surface area contributed by atoms with Gasteiger partial charge >= 0.3 is 0 Å². The molecule has 2 saturated heterocycles. The Kier molecular flexibility index (Phi) is 4.80. The van der Waals surface area contributed by atoms with Gasteiger partial charge in [-0.25, -0.2) is 0 Å². The molecule has 1 amide bonds. The molecule has 2 N–H and O–H groups in total. The lowest BCUT2D eigenvalue weighted by molar-refractivity contribution is -0.123. The molecular weight excluding hydrogens is 214 g/mol. The zero-order valence-electron chi connectivity index (χ0n) is 10.9. The van der Waals surface area contributed by atoms with Crippen molar-refractivity contribution in [3.8, 4) is 0 Å². The van der Waals surface area contributed by atoms with Crippen LogP contribution in [0.1, 0.15) is 32.6 Å². The predicted octanol–water partition coefficient (Wildman–Crippen LogP) is 0.587. The third kappa shape index (κ3) is 3.68. The number of nitrogens with one attached hydrogen (secondary N) is 2. The topological polar surface area (TPSA) is 44.4 Å². The minimum Gasteiger partial charge on any atom is -0.354 e. The summed E-state index contributed by atoms with van der Waals surface area (Å²) in [6.07, 6.45) is 4.61. The van der Waals surface area contributed by atoms with Crippen LogP contribution in [0.25, 0.3) is 0 Å². The molecule has 2 unspecified atom stereocenters. The fourth-order valence-electron chi connectivity index (χ4n) is 2.81. The second kappa shape index (κ2) is 6.36. The van der Waals surface area contributed by atoms with E-state index in [1.807, 2.05) is 0 Å². The van der Waals surface area contributed by atoms with Crippen LogP contribution in [0, 0.1) is 5.92 Å². The molecule has 0 bridgehead atoms. The Bertz CT molecular complexity index is 251. The molecule has 2 atom stereocenters. The number of piperidine rings is 1. The highest BCUT2D eigenvalue weighted by Crippen LogP contribution is 2.14. The number of rotatable bonds is 4. The van der Waals surface area contributed by atoms with Crippen molar-refractivity contribution in [2.45, 2.75) is 38.6 Å². The van der Waals surface area contributed by atoms with Crippen molar-refractivity contribution in [3.63, 3.8) is 0 Å². The van der Waals surface area contributed by atoms with E-state index in [9.17, 15) is 4.79 Å². The first-order valence-corrected chi connectivity index (χ1v) is 7.03. The molecule has 98 valence electrons. The van der Waals surface area contributed by atoms with Crippen molar-refractivity contribution in [2.24, 2.45) is 5.92 Å². The van der Waals surface area contributed by atoms with Crippen LogP contribution in [0.2, 0.25) is 0 Å². The number of hydrogen-bond donors (Lipinski definition) is 2. The molecule has 4 nitrogen and oxygen atoms in total. The number of carbonyl (C=O) groups excluding carboxylic acids is 1. The van der Waals surface area contributed by atoms with E-state index >= 15 is 0 Å². The number of carbonyl (C=O) groups is 1. The van der Waals surface area contributed by atoms with E-state index in [1.165, 1.54) is 25.8 Å². The monoisotopic (exact) mass is 239 g/mol. The van der Waals surface area contributed by atoms with Crippen LogP contribution in [-0.2, 0) is 4.79 Å². The van der Waals surface area contributed by atoms with E-state index in [4.69, 9.17) is 0 Å². The number of hydrogen-bond acceptors (Lipinski definition) is 3. The largest absolute Gasteiger partial charge is 0.354 e. The fourth-order valence-corrected chi connectivity index (χ4v) is 2.81. The second-order valence-corrected chi connectivity index (χ2v) is 5.30. The zero-order valence-corrected chi connectivity index (χ0v) is 10.9. The third-order valence-corrected chi connectivity index (χ3v) is 4.01. The molecule has 2 aliphatic rings. The van der Waals surface area contributed by atoms with E-state index < -0.39 is 0 Å². The first-order valence-electron chi connectivity index (χ1n) is 7.03. The summed E-state index contributed by atoms with van der Waals surface area (Å²) in [5, 5.41) is 6.40. The van der Waals surface area contributed by atoms with E-state index in [1.54, 1.807) is 0 Å². The summed E-state index contributed by atoms with van der Waals surface area (Å²) in [4.78, 5) is 14.4. The van der Waals surface area contributed by atoms with Gasteiger partial charge in [-0.2, -0.15) is 0 Å². The Balaban J connectivity index is 1.65. The van der Waals surface area contributed by atoms with Crippen LogP contribution < -0.4 is 10.6 Å². The summed E-state index contributed by atoms with van der Waals surface area (Å²) in [6, 6.07) is 0.0624. The minimum atomic E-state index is 0.0624. The van der Waals surface area contributed by atoms with Gasteiger partial charge in [-0.1, -0.05) is 13.3 Å². The molecule has 4 heteroatoms. The van der Waals surface area contributed by atoms with Crippen molar-refractivity contribution in [3.05, 3.63) is 0 Å². The van der Waals surface area contributed by atoms with Gasteiger partial charge in [0.25, 0.3) is 0 Å². The Morgan fingerprint density at radius 1 is 1.41 bits per heavy atom. The third-order valence-electron chi connectivity index (χ3n) is 4.01. The van der Waals surface area contributed by atoms with Crippen LogP contribution in [0.4, 0.5) is 0 Å². The van der Waals surface area contributed by atoms with Gasteiger partial charge in [-0.15, -0.1) is 0 Å². The van der Waals surface area contributed by atoms with Gasteiger partial charge in [-0.05, 0) is 44.8 Å². The van der Waals surface area contributed by atoms with Crippen molar-refractivity contribution < 1.29 is 4.79 Å². The average Bonchev–Trinajstić information content (AvgIpc) is 2.85. The SMILES string of the molecule is CCN1CCC(CNC(=O)C2CCCCN2)C1. The lowest BCUT2D eigenvalue weighted by Crippen LogP contribution is -2.47. The predicted molar refractivity (Wildman–Crippen MR) is 68.9 cm³/mol. The van der Waals surface area contributed by atoms with Crippen LogP contribution in [-0.4, -0.2) is 49.6 Å². The zero-order chi connectivity index (χ0) is 12.1. The molecule has 2 rings (SSSR count). The van der Waals surface area contributed by atoms with Gasteiger partial charge in [0.2, 0.25) is 5.91 Å². The molecule has 2 aliphatic heterocycles. The molecule has 0 aromatic carbocycles. The van der Waals surface area contributed by atoms with E-state index in [2.05, 4.69) is 22.5 Å². The van der Waals surface area contributed by atoms with Crippen molar-refractivity contribution in [1.29, 1.82) is 0 Å². The number of nitrogens with zero attached hydrogens (tertiary/aromatic N) is 1.